The van der Waals surface area contributed by atoms with Gasteiger partial charge in [-0.1, -0.05) is 0 Å². The predicted molar refractivity (Wildman–Crippen MR) is 107 cm³/mol. The second-order valence-electron chi connectivity index (χ2n) is 6.89. The molecule has 31 heavy (non-hydrogen) atoms. The lowest BCUT2D eigenvalue weighted by Crippen LogP contribution is -2.51. The van der Waals surface area contributed by atoms with Crippen LogP contribution in [0.4, 0.5) is 38.5 Å². The predicted octanol–water partition coefficient (Wildman–Crippen LogP) is 3.21. The van der Waals surface area contributed by atoms with Gasteiger partial charge in [-0.15, -0.1) is 0 Å². The Hall–Kier alpha value is -3.34. The number of amides is 4. The minimum Gasteiger partial charge on any atom is -0.337 e. The lowest BCUT2D eigenvalue weighted by atomic mass is 10.3. The van der Waals surface area contributed by atoms with Crippen LogP contribution in [0.5, 0.6) is 0 Å². The number of hydrogen-bond acceptors (Lipinski definition) is 3. The molecule has 1 fully saturated rings. The number of carbonyl (C=O) groups excluding carboxylic acids is 2. The van der Waals surface area contributed by atoms with Gasteiger partial charge in [-0.05, 0) is 24.3 Å². The fourth-order valence-electron chi connectivity index (χ4n) is 3.04. The molecule has 0 radical (unpaired) electrons. The van der Waals surface area contributed by atoms with E-state index in [-0.39, 0.29) is 17.9 Å². The van der Waals surface area contributed by atoms with E-state index in [4.69, 9.17) is 0 Å². The Bertz CT molecular complexity index is 948. The highest BCUT2D eigenvalue weighted by atomic mass is 19.1. The number of nitrogens with one attached hydrogen (secondary N) is 3. The maximum Gasteiger partial charge on any atom is 0.322 e. The highest BCUT2D eigenvalue weighted by Crippen LogP contribution is 2.16. The summed E-state index contributed by atoms with van der Waals surface area (Å²) in [6.45, 7) is 2.64. The largest absolute Gasteiger partial charge is 0.337 e. The molecule has 0 spiro atoms. The van der Waals surface area contributed by atoms with Gasteiger partial charge in [0.25, 0.3) is 0 Å². The molecule has 3 rings (SSSR count). The molecule has 0 saturated carbocycles. The Morgan fingerprint density at radius 1 is 0.806 bits per heavy atom. The smallest absolute Gasteiger partial charge is 0.322 e. The molecular weight excluding hydrogens is 418 g/mol. The van der Waals surface area contributed by atoms with Crippen LogP contribution in [0.15, 0.2) is 36.4 Å². The summed E-state index contributed by atoms with van der Waals surface area (Å²) in [5, 5.41) is 7.30. The molecule has 11 heteroatoms. The van der Waals surface area contributed by atoms with Crippen molar-refractivity contribution in [1.82, 2.24) is 15.1 Å². The Morgan fingerprint density at radius 3 is 1.90 bits per heavy atom. The van der Waals surface area contributed by atoms with Crippen molar-refractivity contribution in [2.45, 2.75) is 0 Å². The molecule has 2 aromatic carbocycles. The maximum absolute atomic E-state index is 13.7. The Morgan fingerprint density at radius 2 is 1.35 bits per heavy atom. The van der Waals surface area contributed by atoms with Crippen molar-refractivity contribution in [3.05, 3.63) is 59.7 Å². The van der Waals surface area contributed by atoms with Gasteiger partial charge in [0.05, 0.1) is 11.4 Å². The molecule has 0 atom stereocenters. The van der Waals surface area contributed by atoms with Gasteiger partial charge in [0, 0.05) is 51.4 Å². The van der Waals surface area contributed by atoms with Crippen molar-refractivity contribution >= 4 is 23.4 Å². The van der Waals surface area contributed by atoms with Gasteiger partial charge in [0.1, 0.15) is 23.3 Å². The molecule has 1 aliphatic rings. The molecule has 4 amide bonds. The first-order valence-corrected chi connectivity index (χ1v) is 9.55. The third-order valence-electron chi connectivity index (χ3n) is 4.73. The van der Waals surface area contributed by atoms with Gasteiger partial charge in [0.2, 0.25) is 0 Å². The van der Waals surface area contributed by atoms with Crippen LogP contribution >= 0.6 is 0 Å². The van der Waals surface area contributed by atoms with Crippen molar-refractivity contribution in [3.8, 4) is 0 Å². The average molecular weight is 439 g/mol. The van der Waals surface area contributed by atoms with E-state index in [0.717, 1.165) is 24.3 Å². The van der Waals surface area contributed by atoms with E-state index in [0.29, 0.717) is 44.9 Å². The summed E-state index contributed by atoms with van der Waals surface area (Å²) in [6.07, 6.45) is 0. The lowest BCUT2D eigenvalue weighted by molar-refractivity contribution is 0.148. The van der Waals surface area contributed by atoms with Gasteiger partial charge in [-0.25, -0.2) is 27.2 Å². The summed E-state index contributed by atoms with van der Waals surface area (Å²) in [5.41, 5.74) is -0.224. The molecule has 7 nitrogen and oxygen atoms in total. The monoisotopic (exact) mass is 439 g/mol. The highest BCUT2D eigenvalue weighted by Gasteiger charge is 2.22. The van der Waals surface area contributed by atoms with Gasteiger partial charge in [-0.3, -0.25) is 4.90 Å². The summed E-state index contributed by atoms with van der Waals surface area (Å²) in [6, 6.07) is 4.66. The van der Waals surface area contributed by atoms with Gasteiger partial charge in [0.15, 0.2) is 0 Å². The topological polar surface area (TPSA) is 76.7 Å². The second kappa shape index (κ2) is 10.1. The minimum absolute atomic E-state index is 0.0957. The van der Waals surface area contributed by atoms with E-state index in [1.807, 2.05) is 4.90 Å². The van der Waals surface area contributed by atoms with Crippen LogP contribution in [0.2, 0.25) is 0 Å². The first-order valence-electron chi connectivity index (χ1n) is 9.55. The quantitative estimate of drug-likeness (QED) is 0.627. The number of rotatable bonds is 5. The number of nitrogens with zero attached hydrogens (tertiary/aromatic N) is 2. The lowest BCUT2D eigenvalue weighted by Gasteiger charge is -2.34. The van der Waals surface area contributed by atoms with E-state index in [1.54, 1.807) is 0 Å². The number of hydrogen-bond donors (Lipinski definition) is 3. The van der Waals surface area contributed by atoms with Crippen LogP contribution in [-0.4, -0.2) is 61.1 Å². The van der Waals surface area contributed by atoms with Crippen LogP contribution in [0.1, 0.15) is 0 Å². The van der Waals surface area contributed by atoms with Crippen LogP contribution in [-0.2, 0) is 0 Å². The van der Waals surface area contributed by atoms with Gasteiger partial charge >= 0.3 is 12.1 Å². The normalized spacial score (nSPS) is 14.3. The van der Waals surface area contributed by atoms with Crippen LogP contribution < -0.4 is 16.0 Å². The molecule has 0 aromatic heterocycles. The minimum atomic E-state index is -0.870. The maximum atomic E-state index is 13.7. The van der Waals surface area contributed by atoms with E-state index in [1.165, 1.54) is 4.90 Å². The van der Waals surface area contributed by atoms with Crippen molar-refractivity contribution in [1.29, 1.82) is 0 Å². The van der Waals surface area contributed by atoms with Crippen molar-refractivity contribution in [3.63, 3.8) is 0 Å². The molecular formula is C20H21F4N5O2. The Kier molecular flexibility index (Phi) is 7.29. The van der Waals surface area contributed by atoms with E-state index in [9.17, 15) is 27.2 Å². The number of piperazine rings is 1. The molecule has 166 valence electrons. The number of benzene rings is 2. The zero-order valence-corrected chi connectivity index (χ0v) is 16.4. The summed E-state index contributed by atoms with van der Waals surface area (Å²) in [4.78, 5) is 27.6. The Labute approximate surface area is 176 Å². The second-order valence-corrected chi connectivity index (χ2v) is 6.89. The molecule has 2 aromatic rings. The van der Waals surface area contributed by atoms with E-state index in [2.05, 4.69) is 16.0 Å². The molecule has 1 heterocycles. The van der Waals surface area contributed by atoms with E-state index >= 15 is 0 Å². The number of anilines is 2. The summed E-state index contributed by atoms with van der Waals surface area (Å²) in [7, 11) is 0. The first-order chi connectivity index (χ1) is 14.8. The summed E-state index contributed by atoms with van der Waals surface area (Å²) >= 11 is 0. The molecule has 0 bridgehead atoms. The van der Waals surface area contributed by atoms with Crippen LogP contribution in [0.3, 0.4) is 0 Å². The van der Waals surface area contributed by atoms with E-state index < -0.39 is 35.3 Å². The number of carbonyl (C=O) groups is 2. The first kappa shape index (κ1) is 22.3. The third-order valence-corrected chi connectivity index (χ3v) is 4.73. The van der Waals surface area contributed by atoms with Gasteiger partial charge in [-0.2, -0.15) is 0 Å². The Balaban J connectivity index is 1.37. The fourth-order valence-corrected chi connectivity index (χ4v) is 3.04. The standard InChI is InChI=1S/C20H21F4N5O2/c21-13-1-3-17(15(23)11-13)26-19(30)25-5-6-28-7-9-29(10-8-28)20(31)27-18-4-2-14(22)12-16(18)24/h1-4,11-12H,5-10H2,(H,27,31)(H2,25,26,30). The zero-order valence-electron chi connectivity index (χ0n) is 16.4. The molecule has 1 aliphatic heterocycles. The van der Waals surface area contributed by atoms with Crippen LogP contribution in [0, 0.1) is 23.3 Å². The number of urea groups is 2. The summed E-state index contributed by atoms with van der Waals surface area (Å²) < 4.78 is 53.0. The highest BCUT2D eigenvalue weighted by molar-refractivity contribution is 5.90. The molecule has 0 unspecified atom stereocenters. The zero-order chi connectivity index (χ0) is 22.4. The van der Waals surface area contributed by atoms with Crippen molar-refractivity contribution in [2.24, 2.45) is 0 Å². The third kappa shape index (κ3) is 6.32. The fraction of sp³-hybridized carbons (Fsp3) is 0.300. The molecule has 1 saturated heterocycles. The SMILES string of the molecule is O=C(NCCN1CCN(C(=O)Nc2ccc(F)cc2F)CC1)Nc1ccc(F)cc1F. The molecule has 3 N–H and O–H groups in total. The van der Waals surface area contributed by atoms with Crippen molar-refractivity contribution in [2.75, 3.05) is 49.9 Å². The van der Waals surface area contributed by atoms with Crippen molar-refractivity contribution < 1.29 is 27.2 Å². The van der Waals surface area contributed by atoms with Crippen LogP contribution in [0.25, 0.3) is 0 Å². The summed E-state index contributed by atoms with van der Waals surface area (Å²) in [5.74, 6) is -3.18. The number of halogens is 4. The average Bonchev–Trinajstić information content (AvgIpc) is 2.72. The molecule has 0 aliphatic carbocycles. The van der Waals surface area contributed by atoms with Gasteiger partial charge < -0.3 is 20.9 Å².